The van der Waals surface area contributed by atoms with Crippen LogP contribution in [0.15, 0.2) is 58.3 Å². The average molecular weight is 562 g/mol. The molecule has 0 saturated heterocycles. The van der Waals surface area contributed by atoms with Crippen molar-refractivity contribution in [3.05, 3.63) is 64.8 Å². The fourth-order valence-corrected chi connectivity index (χ4v) is 2.90. The Bertz CT molecular complexity index is 949. The molecule has 2 heterocycles. The fraction of sp³-hybridized carbons (Fsp3) is 0.263. The summed E-state index contributed by atoms with van der Waals surface area (Å²) < 4.78 is 21.9. The molecule has 0 bridgehead atoms. The van der Waals surface area contributed by atoms with Crippen LogP contribution in [-0.4, -0.2) is 35.0 Å². The molecule has 9 heteroatoms. The van der Waals surface area contributed by atoms with Gasteiger partial charge in [0.2, 0.25) is 0 Å². The number of fused-ring (bicyclic) bond motifs is 1. The minimum Gasteiger partial charge on any atom is -0.489 e. The maximum atomic E-state index is 13.2. The van der Waals surface area contributed by atoms with Crippen LogP contribution in [0.3, 0.4) is 0 Å². The molecule has 6 nitrogen and oxygen atoms in total. The third-order valence-electron chi connectivity index (χ3n) is 3.82. The van der Waals surface area contributed by atoms with Gasteiger partial charge in [-0.1, -0.05) is 6.07 Å². The highest BCUT2D eigenvalue weighted by atomic mass is 127. The highest BCUT2D eigenvalue weighted by molar-refractivity contribution is 14.0. The zero-order chi connectivity index (χ0) is 19.2. The number of hydrogen-bond acceptors (Lipinski definition) is 3. The van der Waals surface area contributed by atoms with Crippen molar-refractivity contribution in [2.24, 2.45) is 4.99 Å². The van der Waals surface area contributed by atoms with Crippen LogP contribution in [0, 0.1) is 5.82 Å². The largest absolute Gasteiger partial charge is 0.489 e. The third-order valence-corrected chi connectivity index (χ3v) is 4.28. The third kappa shape index (κ3) is 6.33. The predicted octanol–water partition coefficient (Wildman–Crippen LogP) is 3.99. The number of guanidine groups is 1. The van der Waals surface area contributed by atoms with Crippen molar-refractivity contribution in [1.82, 2.24) is 20.0 Å². The van der Waals surface area contributed by atoms with E-state index in [0.717, 1.165) is 15.8 Å². The molecule has 3 rings (SSSR count). The lowest BCUT2D eigenvalue weighted by atomic mass is 10.3. The summed E-state index contributed by atoms with van der Waals surface area (Å²) in [5.74, 6) is 0.829. The Kier molecular flexibility index (Phi) is 8.49. The molecule has 150 valence electrons. The number of halogens is 3. The van der Waals surface area contributed by atoms with Gasteiger partial charge in [-0.25, -0.2) is 9.37 Å². The highest BCUT2D eigenvalue weighted by Crippen LogP contribution is 2.14. The van der Waals surface area contributed by atoms with E-state index in [-0.39, 0.29) is 35.9 Å². The first-order valence-electron chi connectivity index (χ1n) is 8.53. The Morgan fingerprint density at radius 2 is 2.11 bits per heavy atom. The van der Waals surface area contributed by atoms with E-state index in [1.165, 1.54) is 12.1 Å². The summed E-state index contributed by atoms with van der Waals surface area (Å²) in [7, 11) is 1.70. The number of aromatic nitrogens is 2. The lowest BCUT2D eigenvalue weighted by Gasteiger charge is -2.17. The standard InChI is InChI=1S/C19H21BrFN5O.HI/c1-13(27-17-5-3-4-15(21)8-17)9-23-19(22-2)24-10-16-12-26-11-14(20)6-7-18(26)25-16;/h3-8,11-13H,9-10H2,1-2H3,(H2,22,23,24);1H. The number of imidazole rings is 1. The Morgan fingerprint density at radius 1 is 1.29 bits per heavy atom. The molecule has 2 N–H and O–H groups in total. The molecule has 0 aliphatic carbocycles. The minimum atomic E-state index is -0.315. The minimum absolute atomic E-state index is 0. The zero-order valence-electron chi connectivity index (χ0n) is 15.5. The molecular formula is C19H22BrFIN5O. The molecule has 0 aliphatic rings. The first-order valence-corrected chi connectivity index (χ1v) is 9.32. The molecular weight excluding hydrogens is 540 g/mol. The van der Waals surface area contributed by atoms with Gasteiger partial charge in [0.05, 0.1) is 18.8 Å². The second kappa shape index (κ2) is 10.6. The topological polar surface area (TPSA) is 63.0 Å². The summed E-state index contributed by atoms with van der Waals surface area (Å²) in [5.41, 5.74) is 1.79. The molecule has 0 aliphatic heterocycles. The van der Waals surface area contributed by atoms with Gasteiger partial charge >= 0.3 is 0 Å². The van der Waals surface area contributed by atoms with Gasteiger partial charge in [-0.2, -0.15) is 0 Å². The van der Waals surface area contributed by atoms with Gasteiger partial charge in [-0.05, 0) is 47.1 Å². The maximum Gasteiger partial charge on any atom is 0.191 e. The summed E-state index contributed by atoms with van der Waals surface area (Å²) in [4.78, 5) is 8.76. The van der Waals surface area contributed by atoms with E-state index in [1.807, 2.05) is 35.9 Å². The van der Waals surface area contributed by atoms with Gasteiger partial charge in [0.25, 0.3) is 0 Å². The monoisotopic (exact) mass is 561 g/mol. The van der Waals surface area contributed by atoms with E-state index in [0.29, 0.717) is 24.8 Å². The first kappa shape index (κ1) is 22.4. The Balaban J connectivity index is 0.00000280. The quantitative estimate of drug-likeness (QED) is 0.271. The molecule has 28 heavy (non-hydrogen) atoms. The van der Waals surface area contributed by atoms with Crippen molar-refractivity contribution >= 4 is 51.5 Å². The fourth-order valence-electron chi connectivity index (χ4n) is 2.55. The molecule has 0 spiro atoms. The van der Waals surface area contributed by atoms with Crippen LogP contribution in [0.25, 0.3) is 5.65 Å². The molecule has 0 radical (unpaired) electrons. The molecule has 0 amide bonds. The number of rotatable bonds is 6. The van der Waals surface area contributed by atoms with Gasteiger partial charge in [-0.15, -0.1) is 24.0 Å². The second-order valence-electron chi connectivity index (χ2n) is 6.04. The van der Waals surface area contributed by atoms with Gasteiger partial charge in [0.1, 0.15) is 23.3 Å². The van der Waals surface area contributed by atoms with E-state index in [4.69, 9.17) is 4.74 Å². The van der Waals surface area contributed by atoms with E-state index >= 15 is 0 Å². The van der Waals surface area contributed by atoms with Gasteiger partial charge < -0.3 is 19.8 Å². The lowest BCUT2D eigenvalue weighted by Crippen LogP contribution is -2.41. The van der Waals surface area contributed by atoms with Gasteiger partial charge in [0.15, 0.2) is 5.96 Å². The van der Waals surface area contributed by atoms with Crippen molar-refractivity contribution in [2.75, 3.05) is 13.6 Å². The molecule has 0 fully saturated rings. The van der Waals surface area contributed by atoms with E-state index in [1.54, 1.807) is 19.2 Å². The SMILES string of the molecule is CN=C(NCc1cn2cc(Br)ccc2n1)NCC(C)Oc1cccc(F)c1.I. The summed E-state index contributed by atoms with van der Waals surface area (Å²) in [5, 5.41) is 6.42. The normalized spacial score (nSPS) is 12.4. The number of pyridine rings is 1. The van der Waals surface area contributed by atoms with Crippen molar-refractivity contribution in [3.63, 3.8) is 0 Å². The number of hydrogen-bond donors (Lipinski definition) is 2. The van der Waals surface area contributed by atoms with E-state index in [9.17, 15) is 4.39 Å². The Hall–Kier alpha value is -1.88. The van der Waals surface area contributed by atoms with Crippen molar-refractivity contribution in [2.45, 2.75) is 19.6 Å². The molecule has 1 aromatic carbocycles. The maximum absolute atomic E-state index is 13.2. The summed E-state index contributed by atoms with van der Waals surface area (Å²) in [6.45, 7) is 2.97. The van der Waals surface area contributed by atoms with Crippen LogP contribution in [0.5, 0.6) is 5.75 Å². The van der Waals surface area contributed by atoms with Gasteiger partial charge in [-0.3, -0.25) is 4.99 Å². The van der Waals surface area contributed by atoms with Crippen LogP contribution in [-0.2, 0) is 6.54 Å². The number of nitrogens with one attached hydrogen (secondary N) is 2. The molecule has 0 saturated carbocycles. The smallest absolute Gasteiger partial charge is 0.191 e. The number of benzene rings is 1. The van der Waals surface area contributed by atoms with Crippen LogP contribution < -0.4 is 15.4 Å². The molecule has 1 unspecified atom stereocenters. The summed E-state index contributed by atoms with van der Waals surface area (Å²) in [6.07, 6.45) is 3.78. The molecule has 1 atom stereocenters. The van der Waals surface area contributed by atoms with Crippen LogP contribution in [0.1, 0.15) is 12.6 Å². The lowest BCUT2D eigenvalue weighted by molar-refractivity contribution is 0.223. The van der Waals surface area contributed by atoms with Crippen LogP contribution in [0.4, 0.5) is 4.39 Å². The van der Waals surface area contributed by atoms with Crippen LogP contribution in [0.2, 0.25) is 0 Å². The van der Waals surface area contributed by atoms with E-state index < -0.39 is 0 Å². The molecule has 2 aromatic heterocycles. The zero-order valence-corrected chi connectivity index (χ0v) is 19.4. The second-order valence-corrected chi connectivity index (χ2v) is 6.95. The van der Waals surface area contributed by atoms with Gasteiger partial charge in [0, 0.05) is 30.0 Å². The van der Waals surface area contributed by atoms with Crippen molar-refractivity contribution in [1.29, 1.82) is 0 Å². The molecule has 3 aromatic rings. The average Bonchev–Trinajstić information content (AvgIpc) is 3.03. The number of nitrogens with zero attached hydrogens (tertiary/aromatic N) is 3. The van der Waals surface area contributed by atoms with Crippen LogP contribution >= 0.6 is 39.9 Å². The Morgan fingerprint density at radius 3 is 2.86 bits per heavy atom. The predicted molar refractivity (Wildman–Crippen MR) is 123 cm³/mol. The highest BCUT2D eigenvalue weighted by Gasteiger charge is 2.08. The van der Waals surface area contributed by atoms with E-state index in [2.05, 4.69) is 36.5 Å². The van der Waals surface area contributed by atoms with Crippen molar-refractivity contribution < 1.29 is 9.13 Å². The number of aliphatic imine (C=N–C) groups is 1. The summed E-state index contributed by atoms with van der Waals surface area (Å²) >= 11 is 3.45. The first-order chi connectivity index (χ1) is 13.0. The Labute approximate surface area is 188 Å². The summed E-state index contributed by atoms with van der Waals surface area (Å²) in [6, 6.07) is 10.0. The van der Waals surface area contributed by atoms with Crippen molar-refractivity contribution in [3.8, 4) is 5.75 Å². The number of ether oxygens (including phenoxy) is 1.